The highest BCUT2D eigenvalue weighted by molar-refractivity contribution is 6.08. The van der Waals surface area contributed by atoms with Gasteiger partial charge in [0.25, 0.3) is 5.91 Å². The first-order chi connectivity index (χ1) is 16.7. The van der Waals surface area contributed by atoms with Crippen LogP contribution < -0.4 is 15.0 Å². The van der Waals surface area contributed by atoms with Crippen molar-refractivity contribution in [3.63, 3.8) is 0 Å². The largest absolute Gasteiger partial charge is 0.481 e. The van der Waals surface area contributed by atoms with Gasteiger partial charge in [-0.1, -0.05) is 0 Å². The predicted molar refractivity (Wildman–Crippen MR) is 130 cm³/mol. The summed E-state index contributed by atoms with van der Waals surface area (Å²) in [7, 11) is 1.49. The van der Waals surface area contributed by atoms with Crippen molar-refractivity contribution in [3.05, 3.63) is 65.4 Å². The lowest BCUT2D eigenvalue weighted by Crippen LogP contribution is -2.55. The summed E-state index contributed by atoms with van der Waals surface area (Å²) >= 11 is 0. The molecule has 184 valence electrons. The van der Waals surface area contributed by atoms with E-state index < -0.39 is 11.7 Å². The fourth-order valence-corrected chi connectivity index (χ4v) is 4.36. The van der Waals surface area contributed by atoms with Crippen LogP contribution in [0.4, 0.5) is 15.8 Å². The second-order valence-electron chi connectivity index (χ2n) is 8.67. The van der Waals surface area contributed by atoms with Gasteiger partial charge >= 0.3 is 0 Å². The third kappa shape index (κ3) is 5.42. The Bertz CT molecular complexity index is 1240. The molecule has 1 atom stereocenters. The van der Waals surface area contributed by atoms with Crippen LogP contribution in [-0.4, -0.2) is 64.3 Å². The Morgan fingerprint density at radius 3 is 2.66 bits per heavy atom. The second kappa shape index (κ2) is 10.1. The number of pyridine rings is 1. The topological polar surface area (TPSA) is 92.6 Å². The summed E-state index contributed by atoms with van der Waals surface area (Å²) in [6.45, 7) is 7.50. The summed E-state index contributed by atoms with van der Waals surface area (Å²) in [5.41, 5.74) is 3.14. The van der Waals surface area contributed by atoms with E-state index in [0.717, 1.165) is 11.4 Å². The number of benzene rings is 1. The fourth-order valence-electron chi connectivity index (χ4n) is 4.36. The number of nitrogens with one attached hydrogen (secondary N) is 1. The minimum Gasteiger partial charge on any atom is -0.481 e. The van der Waals surface area contributed by atoms with Gasteiger partial charge in [-0.2, -0.15) is 5.10 Å². The van der Waals surface area contributed by atoms with Crippen molar-refractivity contribution in [2.24, 2.45) is 0 Å². The molecule has 0 unspecified atom stereocenters. The molecule has 2 amide bonds. The van der Waals surface area contributed by atoms with Crippen LogP contribution in [0.15, 0.2) is 42.6 Å². The van der Waals surface area contributed by atoms with Crippen LogP contribution in [-0.2, 0) is 11.3 Å². The summed E-state index contributed by atoms with van der Waals surface area (Å²) in [4.78, 5) is 33.9. The number of hydrogen-bond acceptors (Lipinski definition) is 6. The molecule has 3 heterocycles. The van der Waals surface area contributed by atoms with Crippen molar-refractivity contribution in [1.82, 2.24) is 19.7 Å². The Balaban J connectivity index is 1.48. The molecule has 1 aliphatic heterocycles. The highest BCUT2D eigenvalue weighted by Gasteiger charge is 2.30. The maximum atomic E-state index is 14.1. The van der Waals surface area contributed by atoms with Gasteiger partial charge in [-0.15, -0.1) is 0 Å². The Kier molecular flexibility index (Phi) is 6.99. The van der Waals surface area contributed by atoms with Gasteiger partial charge in [0, 0.05) is 55.0 Å². The number of anilines is 2. The molecule has 1 fully saturated rings. The molecule has 10 heteroatoms. The average molecular weight is 481 g/mol. The van der Waals surface area contributed by atoms with Crippen LogP contribution in [0.25, 0.3) is 0 Å². The maximum Gasteiger partial charge on any atom is 0.257 e. The molecule has 1 aromatic carbocycles. The number of aryl methyl sites for hydroxylation is 2. The number of amides is 2. The number of carbonyl (C=O) groups excluding carboxylic acids is 2. The number of aromatic nitrogens is 3. The molecule has 2 aromatic heterocycles. The lowest BCUT2D eigenvalue weighted by Gasteiger charge is -2.41. The first-order valence-electron chi connectivity index (χ1n) is 11.4. The van der Waals surface area contributed by atoms with E-state index in [2.05, 4.69) is 15.4 Å². The summed E-state index contributed by atoms with van der Waals surface area (Å²) in [6, 6.07) is 9.25. The van der Waals surface area contributed by atoms with Gasteiger partial charge in [-0.3, -0.25) is 14.3 Å². The summed E-state index contributed by atoms with van der Waals surface area (Å²) in [5, 5.41) is 7.17. The van der Waals surface area contributed by atoms with Crippen molar-refractivity contribution in [2.75, 3.05) is 37.0 Å². The maximum absolute atomic E-state index is 14.1. The first-order valence-corrected chi connectivity index (χ1v) is 11.4. The standard InChI is InChI=1S/C25H29FN6O3/c1-16-11-17(2)32(29-16)15-24(33)31-10-9-30(14-18(31)3)22-6-5-19(26)12-21(22)25(34)28-20-7-8-27-23(13-20)35-4/h5-8,11-13,18H,9-10,14-15H2,1-4H3,(H,27,28,34)/t18-/m1/s1. The zero-order chi connectivity index (χ0) is 25.1. The van der Waals surface area contributed by atoms with E-state index >= 15 is 0 Å². The average Bonchev–Trinajstić information content (AvgIpc) is 3.15. The number of methoxy groups -OCH3 is 1. The molecule has 0 bridgehead atoms. The molecule has 35 heavy (non-hydrogen) atoms. The smallest absolute Gasteiger partial charge is 0.257 e. The van der Waals surface area contributed by atoms with Crippen LogP contribution in [0.3, 0.4) is 0 Å². The number of nitrogens with zero attached hydrogens (tertiary/aromatic N) is 5. The number of ether oxygens (including phenoxy) is 1. The van der Waals surface area contributed by atoms with Gasteiger partial charge in [0.15, 0.2) is 0 Å². The van der Waals surface area contributed by atoms with Gasteiger partial charge in [0.05, 0.1) is 18.4 Å². The number of hydrogen-bond donors (Lipinski definition) is 1. The summed E-state index contributed by atoms with van der Waals surface area (Å²) < 4.78 is 20.9. The van der Waals surface area contributed by atoms with Gasteiger partial charge in [0.1, 0.15) is 12.4 Å². The molecule has 1 N–H and O–H groups in total. The van der Waals surface area contributed by atoms with Gasteiger partial charge in [-0.05, 0) is 51.1 Å². The van der Waals surface area contributed by atoms with Crippen molar-refractivity contribution in [1.29, 1.82) is 0 Å². The summed E-state index contributed by atoms with van der Waals surface area (Å²) in [5.74, 6) is -0.592. The van der Waals surface area contributed by atoms with E-state index in [1.54, 1.807) is 22.9 Å². The fraction of sp³-hybridized carbons (Fsp3) is 0.360. The number of rotatable bonds is 6. The molecule has 3 aromatic rings. The molecule has 1 saturated heterocycles. The monoisotopic (exact) mass is 480 g/mol. The van der Waals surface area contributed by atoms with Gasteiger partial charge < -0.3 is 19.9 Å². The SMILES string of the molecule is COc1cc(NC(=O)c2cc(F)ccc2N2CCN(C(=O)Cn3nc(C)cc3C)[C@H](C)C2)ccn1. The normalized spacial score (nSPS) is 15.7. The zero-order valence-electron chi connectivity index (χ0n) is 20.3. The highest BCUT2D eigenvalue weighted by Crippen LogP contribution is 2.26. The Morgan fingerprint density at radius 2 is 1.97 bits per heavy atom. The second-order valence-corrected chi connectivity index (χ2v) is 8.67. The zero-order valence-corrected chi connectivity index (χ0v) is 20.3. The lowest BCUT2D eigenvalue weighted by atomic mass is 10.1. The molecule has 0 aliphatic carbocycles. The van der Waals surface area contributed by atoms with E-state index in [-0.39, 0.29) is 24.1 Å². The van der Waals surface area contributed by atoms with Crippen molar-refractivity contribution < 1.29 is 18.7 Å². The van der Waals surface area contributed by atoms with E-state index in [9.17, 15) is 14.0 Å². The number of piperazine rings is 1. The lowest BCUT2D eigenvalue weighted by molar-refractivity contribution is -0.134. The molecule has 0 spiro atoms. The van der Waals surface area contributed by atoms with E-state index in [1.807, 2.05) is 36.6 Å². The third-order valence-electron chi connectivity index (χ3n) is 6.08. The van der Waals surface area contributed by atoms with Crippen LogP contribution in [0.1, 0.15) is 28.7 Å². The van der Waals surface area contributed by atoms with Gasteiger partial charge in [-0.25, -0.2) is 9.37 Å². The Labute approximate surface area is 203 Å². The Morgan fingerprint density at radius 1 is 1.17 bits per heavy atom. The predicted octanol–water partition coefficient (Wildman–Crippen LogP) is 3.03. The molecular weight excluding hydrogens is 451 g/mol. The van der Waals surface area contributed by atoms with Crippen molar-refractivity contribution >= 4 is 23.2 Å². The van der Waals surface area contributed by atoms with E-state index in [0.29, 0.717) is 36.9 Å². The molecule has 4 rings (SSSR count). The molecule has 1 aliphatic rings. The highest BCUT2D eigenvalue weighted by atomic mass is 19.1. The van der Waals surface area contributed by atoms with Crippen LogP contribution in [0.2, 0.25) is 0 Å². The third-order valence-corrected chi connectivity index (χ3v) is 6.08. The van der Waals surface area contributed by atoms with Gasteiger partial charge in [0.2, 0.25) is 11.8 Å². The number of carbonyl (C=O) groups is 2. The molecule has 9 nitrogen and oxygen atoms in total. The molecule has 0 radical (unpaired) electrons. The van der Waals surface area contributed by atoms with Crippen LogP contribution >= 0.6 is 0 Å². The Hall–Kier alpha value is -3.95. The minimum atomic E-state index is -0.502. The minimum absolute atomic E-state index is 0.00735. The van der Waals surface area contributed by atoms with Crippen molar-refractivity contribution in [3.8, 4) is 5.88 Å². The first kappa shape index (κ1) is 24.2. The van der Waals surface area contributed by atoms with E-state index in [4.69, 9.17) is 4.74 Å². The van der Waals surface area contributed by atoms with Crippen molar-refractivity contribution in [2.45, 2.75) is 33.4 Å². The van der Waals surface area contributed by atoms with Crippen LogP contribution in [0, 0.1) is 19.7 Å². The molecule has 0 saturated carbocycles. The van der Waals surface area contributed by atoms with E-state index in [1.165, 1.54) is 25.4 Å². The molecular formula is C25H29FN6O3. The quantitative estimate of drug-likeness (QED) is 0.583. The van der Waals surface area contributed by atoms with Crippen LogP contribution in [0.5, 0.6) is 5.88 Å². The number of halogens is 1. The summed E-state index contributed by atoms with van der Waals surface area (Å²) in [6.07, 6.45) is 1.52.